The fourth-order valence-electron chi connectivity index (χ4n) is 3.33. The third kappa shape index (κ3) is 6.03. The Morgan fingerprint density at radius 2 is 1.69 bits per heavy atom. The first-order valence-corrected chi connectivity index (χ1v) is 11.8. The average molecular weight is 509 g/mol. The molecule has 35 heavy (non-hydrogen) atoms. The number of imide groups is 1. The Kier molecular flexibility index (Phi) is 7.74. The largest absolute Gasteiger partial charge is 0.495 e. The summed E-state index contributed by atoms with van der Waals surface area (Å²) in [6.45, 7) is -0.0958. The van der Waals surface area contributed by atoms with Gasteiger partial charge in [0.25, 0.3) is 11.1 Å². The van der Waals surface area contributed by atoms with E-state index in [1.807, 2.05) is 24.3 Å². The van der Waals surface area contributed by atoms with Gasteiger partial charge in [0, 0.05) is 10.6 Å². The predicted molar refractivity (Wildman–Crippen MR) is 137 cm³/mol. The molecule has 1 saturated heterocycles. The van der Waals surface area contributed by atoms with Crippen molar-refractivity contribution < 1.29 is 23.9 Å². The molecule has 0 radical (unpaired) electrons. The molecule has 0 saturated carbocycles. The van der Waals surface area contributed by atoms with E-state index in [-0.39, 0.29) is 4.91 Å². The van der Waals surface area contributed by atoms with E-state index in [9.17, 15) is 14.4 Å². The first kappa shape index (κ1) is 24.4. The summed E-state index contributed by atoms with van der Waals surface area (Å²) in [6.07, 6.45) is 1.60. The van der Waals surface area contributed by atoms with Gasteiger partial charge in [0.1, 0.15) is 24.7 Å². The molecule has 4 rings (SSSR count). The van der Waals surface area contributed by atoms with Gasteiger partial charge in [0.2, 0.25) is 5.91 Å². The molecule has 0 bridgehead atoms. The van der Waals surface area contributed by atoms with Crippen LogP contribution in [0.5, 0.6) is 11.5 Å². The predicted octanol–water partition coefficient (Wildman–Crippen LogP) is 5.60. The summed E-state index contributed by atoms with van der Waals surface area (Å²) in [5, 5.41) is 2.79. The second kappa shape index (κ2) is 11.1. The maximum absolute atomic E-state index is 12.9. The first-order valence-electron chi connectivity index (χ1n) is 10.6. The lowest BCUT2D eigenvalue weighted by Crippen LogP contribution is -2.36. The Morgan fingerprint density at radius 1 is 1.00 bits per heavy atom. The number of halogens is 1. The van der Waals surface area contributed by atoms with Crippen molar-refractivity contribution in [1.29, 1.82) is 0 Å². The molecule has 1 aliphatic heterocycles. The zero-order chi connectivity index (χ0) is 24.8. The topological polar surface area (TPSA) is 84.9 Å². The van der Waals surface area contributed by atoms with Crippen LogP contribution in [0.1, 0.15) is 11.1 Å². The molecule has 1 fully saturated rings. The van der Waals surface area contributed by atoms with Crippen LogP contribution in [-0.4, -0.2) is 35.6 Å². The minimum Gasteiger partial charge on any atom is -0.495 e. The zero-order valence-corrected chi connectivity index (χ0v) is 20.3. The van der Waals surface area contributed by atoms with Gasteiger partial charge in [-0.1, -0.05) is 54.1 Å². The van der Waals surface area contributed by atoms with E-state index in [0.717, 1.165) is 22.2 Å². The number of rotatable bonds is 8. The molecule has 3 aromatic carbocycles. The van der Waals surface area contributed by atoms with Gasteiger partial charge < -0.3 is 14.8 Å². The SMILES string of the molecule is COc1ccccc1NC(=O)CN1C(=O)S/C(=C/c2ccccc2OCc2ccc(Cl)cc2)C1=O. The van der Waals surface area contributed by atoms with Gasteiger partial charge in [-0.2, -0.15) is 0 Å². The highest BCUT2D eigenvalue weighted by Gasteiger charge is 2.36. The van der Waals surface area contributed by atoms with Gasteiger partial charge in [-0.25, -0.2) is 0 Å². The fraction of sp³-hybridized carbons (Fsp3) is 0.115. The van der Waals surface area contributed by atoms with Crippen LogP contribution in [0.2, 0.25) is 5.02 Å². The number of hydrogen-bond donors (Lipinski definition) is 1. The summed E-state index contributed by atoms with van der Waals surface area (Å²) in [7, 11) is 1.49. The van der Waals surface area contributed by atoms with Crippen LogP contribution in [0.25, 0.3) is 6.08 Å². The number of anilines is 1. The van der Waals surface area contributed by atoms with Crippen molar-refractivity contribution in [2.45, 2.75) is 6.61 Å². The molecule has 0 aromatic heterocycles. The van der Waals surface area contributed by atoms with Crippen molar-refractivity contribution >= 4 is 52.2 Å². The number of carbonyl (C=O) groups excluding carboxylic acids is 3. The van der Waals surface area contributed by atoms with E-state index in [2.05, 4.69) is 5.32 Å². The van der Waals surface area contributed by atoms with Gasteiger partial charge >= 0.3 is 0 Å². The Morgan fingerprint density at radius 3 is 2.43 bits per heavy atom. The quantitative estimate of drug-likeness (QED) is 0.398. The lowest BCUT2D eigenvalue weighted by molar-refractivity contribution is -0.127. The van der Waals surface area contributed by atoms with Crippen molar-refractivity contribution in [3.8, 4) is 11.5 Å². The number of benzene rings is 3. The van der Waals surface area contributed by atoms with Gasteiger partial charge in [0.05, 0.1) is 17.7 Å². The Bertz CT molecular complexity index is 1290. The molecule has 3 amide bonds. The number of ether oxygens (including phenoxy) is 2. The Labute approximate surface area is 211 Å². The molecule has 3 aromatic rings. The number of hydrogen-bond acceptors (Lipinski definition) is 6. The van der Waals surface area contributed by atoms with Gasteiger partial charge in [-0.3, -0.25) is 19.3 Å². The first-order chi connectivity index (χ1) is 16.9. The third-order valence-electron chi connectivity index (χ3n) is 5.07. The van der Waals surface area contributed by atoms with E-state index in [1.54, 1.807) is 54.6 Å². The number of para-hydroxylation sites is 3. The minimum atomic E-state index is -0.539. The lowest BCUT2D eigenvalue weighted by atomic mass is 10.1. The molecule has 0 atom stereocenters. The second-order valence-electron chi connectivity index (χ2n) is 7.47. The lowest BCUT2D eigenvalue weighted by Gasteiger charge is -2.14. The van der Waals surface area contributed by atoms with Crippen LogP contribution in [0.15, 0.2) is 77.7 Å². The number of amides is 3. The van der Waals surface area contributed by atoms with Crippen LogP contribution >= 0.6 is 23.4 Å². The normalized spacial score (nSPS) is 14.3. The van der Waals surface area contributed by atoms with Crippen LogP contribution < -0.4 is 14.8 Å². The van der Waals surface area contributed by atoms with E-state index in [0.29, 0.717) is 34.4 Å². The molecule has 1 aliphatic rings. The standard InChI is InChI=1S/C26H21ClN2O5S/c1-33-22-9-5-3-7-20(22)28-24(30)15-29-25(31)23(35-26(29)32)14-18-6-2-4-8-21(18)34-16-17-10-12-19(27)13-11-17/h2-14H,15-16H2,1H3,(H,28,30)/b23-14+. The number of methoxy groups -OCH3 is 1. The monoisotopic (exact) mass is 508 g/mol. The number of nitrogens with one attached hydrogen (secondary N) is 1. The molecule has 7 nitrogen and oxygen atoms in total. The number of carbonyl (C=O) groups is 3. The molecular weight excluding hydrogens is 488 g/mol. The molecule has 0 aliphatic carbocycles. The van der Waals surface area contributed by atoms with Gasteiger partial charge in [0.15, 0.2) is 0 Å². The molecule has 1 N–H and O–H groups in total. The average Bonchev–Trinajstić information content (AvgIpc) is 3.12. The summed E-state index contributed by atoms with van der Waals surface area (Å²) in [5.74, 6) is -0.0133. The van der Waals surface area contributed by atoms with Gasteiger partial charge in [-0.05, 0) is 53.7 Å². The number of nitrogens with zero attached hydrogens (tertiary/aromatic N) is 1. The van der Waals surface area contributed by atoms with E-state index in [1.165, 1.54) is 7.11 Å². The van der Waals surface area contributed by atoms with E-state index >= 15 is 0 Å². The van der Waals surface area contributed by atoms with Gasteiger partial charge in [-0.15, -0.1) is 0 Å². The summed E-state index contributed by atoms with van der Waals surface area (Å²) in [4.78, 5) is 39.1. The highest BCUT2D eigenvalue weighted by Crippen LogP contribution is 2.34. The molecule has 178 valence electrons. The van der Waals surface area contributed by atoms with Crippen molar-refractivity contribution in [2.24, 2.45) is 0 Å². The smallest absolute Gasteiger partial charge is 0.294 e. The van der Waals surface area contributed by atoms with Crippen molar-refractivity contribution in [1.82, 2.24) is 4.90 Å². The molecule has 9 heteroatoms. The Balaban J connectivity index is 1.45. The van der Waals surface area contributed by atoms with Crippen molar-refractivity contribution in [3.05, 3.63) is 93.9 Å². The maximum atomic E-state index is 12.9. The summed E-state index contributed by atoms with van der Waals surface area (Å²) in [5.41, 5.74) is 2.03. The maximum Gasteiger partial charge on any atom is 0.294 e. The van der Waals surface area contributed by atoms with E-state index in [4.69, 9.17) is 21.1 Å². The van der Waals surface area contributed by atoms with Crippen molar-refractivity contribution in [2.75, 3.05) is 19.0 Å². The van der Waals surface area contributed by atoms with Crippen LogP contribution in [-0.2, 0) is 16.2 Å². The second-order valence-corrected chi connectivity index (χ2v) is 8.90. The Hall–Kier alpha value is -3.75. The van der Waals surface area contributed by atoms with Crippen LogP contribution in [0, 0.1) is 0 Å². The zero-order valence-electron chi connectivity index (χ0n) is 18.7. The molecule has 1 heterocycles. The fourth-order valence-corrected chi connectivity index (χ4v) is 4.29. The number of thioether (sulfide) groups is 1. The molecule has 0 unspecified atom stereocenters. The highest BCUT2D eigenvalue weighted by atomic mass is 35.5. The highest BCUT2D eigenvalue weighted by molar-refractivity contribution is 8.18. The van der Waals surface area contributed by atoms with Crippen LogP contribution in [0.3, 0.4) is 0 Å². The third-order valence-corrected chi connectivity index (χ3v) is 6.23. The summed E-state index contributed by atoms with van der Waals surface area (Å²) < 4.78 is 11.1. The van der Waals surface area contributed by atoms with Crippen molar-refractivity contribution in [3.63, 3.8) is 0 Å². The minimum absolute atomic E-state index is 0.211. The van der Waals surface area contributed by atoms with Crippen LogP contribution in [0.4, 0.5) is 10.5 Å². The molecular formula is C26H21ClN2O5S. The summed E-state index contributed by atoms with van der Waals surface area (Å²) in [6, 6.07) is 21.4. The molecule has 0 spiro atoms. The van der Waals surface area contributed by atoms with E-state index < -0.39 is 23.6 Å². The summed E-state index contributed by atoms with van der Waals surface area (Å²) >= 11 is 6.71.